The Morgan fingerprint density at radius 1 is 1.15 bits per heavy atom. The number of rotatable bonds is 4. The fraction of sp³-hybridized carbons (Fsp3) is 0.333. The van der Waals surface area contributed by atoms with E-state index < -0.39 is 0 Å². The van der Waals surface area contributed by atoms with Gasteiger partial charge in [0.1, 0.15) is 0 Å². The zero-order valence-electron chi connectivity index (χ0n) is 15.6. The first kappa shape index (κ1) is 18.3. The Balaban J connectivity index is 1.39. The van der Waals surface area contributed by atoms with Crippen LogP contribution in [0.1, 0.15) is 11.1 Å². The molecule has 4 nitrogen and oxygen atoms in total. The molecule has 1 amide bonds. The van der Waals surface area contributed by atoms with Gasteiger partial charge < -0.3 is 9.80 Å². The number of carbonyl (C=O) groups is 1. The van der Waals surface area contributed by atoms with Gasteiger partial charge in [-0.25, -0.2) is 4.98 Å². The van der Waals surface area contributed by atoms with Crippen molar-refractivity contribution in [1.29, 1.82) is 0 Å². The third-order valence-electron chi connectivity index (χ3n) is 4.93. The lowest BCUT2D eigenvalue weighted by molar-refractivity contribution is -0.130. The molecule has 0 spiro atoms. The molecule has 6 heteroatoms. The Labute approximate surface area is 168 Å². The number of piperazine rings is 1. The molecule has 0 N–H and O–H groups in total. The highest BCUT2D eigenvalue weighted by Gasteiger charge is 2.23. The molecule has 1 aliphatic heterocycles. The molecule has 2 aromatic carbocycles. The smallest absolute Gasteiger partial charge is 0.227 e. The number of hydrogen-bond donors (Lipinski definition) is 0. The second-order valence-corrected chi connectivity index (χ2v) is 8.75. The van der Waals surface area contributed by atoms with Gasteiger partial charge in [0.25, 0.3) is 0 Å². The van der Waals surface area contributed by atoms with Crippen LogP contribution in [0.4, 0.5) is 5.13 Å². The third kappa shape index (κ3) is 4.12. The van der Waals surface area contributed by atoms with Gasteiger partial charge in [0.05, 0.1) is 16.6 Å². The highest BCUT2D eigenvalue weighted by Crippen LogP contribution is 2.32. The van der Waals surface area contributed by atoms with E-state index in [1.165, 1.54) is 15.2 Å². The number of thiazole rings is 1. The summed E-state index contributed by atoms with van der Waals surface area (Å²) in [5.74, 6) is 0.217. The number of carbonyl (C=O) groups excluding carboxylic acids is 1. The van der Waals surface area contributed by atoms with Crippen molar-refractivity contribution >= 4 is 44.4 Å². The van der Waals surface area contributed by atoms with Crippen LogP contribution >= 0.6 is 23.1 Å². The molecule has 1 aromatic heterocycles. The lowest BCUT2D eigenvalue weighted by Gasteiger charge is -2.34. The largest absolute Gasteiger partial charge is 0.345 e. The molecule has 27 heavy (non-hydrogen) atoms. The van der Waals surface area contributed by atoms with Gasteiger partial charge >= 0.3 is 0 Å². The van der Waals surface area contributed by atoms with Crippen LogP contribution in [-0.2, 0) is 11.2 Å². The van der Waals surface area contributed by atoms with E-state index in [9.17, 15) is 4.79 Å². The molecule has 3 aromatic rings. The van der Waals surface area contributed by atoms with E-state index in [1.807, 2.05) is 17.0 Å². The van der Waals surface area contributed by atoms with Crippen LogP contribution in [0.15, 0.2) is 47.4 Å². The number of benzene rings is 2. The molecule has 0 saturated carbocycles. The summed E-state index contributed by atoms with van der Waals surface area (Å²) in [5, 5.41) is 1.06. The van der Waals surface area contributed by atoms with Crippen LogP contribution in [0.25, 0.3) is 10.2 Å². The molecule has 1 saturated heterocycles. The van der Waals surface area contributed by atoms with Crippen molar-refractivity contribution in [2.75, 3.05) is 37.3 Å². The van der Waals surface area contributed by atoms with Gasteiger partial charge in [0, 0.05) is 31.1 Å². The predicted molar refractivity (Wildman–Crippen MR) is 115 cm³/mol. The number of thioether (sulfide) groups is 1. The van der Waals surface area contributed by atoms with Crippen molar-refractivity contribution in [3.05, 3.63) is 53.6 Å². The van der Waals surface area contributed by atoms with Crippen molar-refractivity contribution in [1.82, 2.24) is 9.88 Å². The van der Waals surface area contributed by atoms with Crippen molar-refractivity contribution in [2.24, 2.45) is 0 Å². The Kier molecular flexibility index (Phi) is 5.36. The molecule has 1 fully saturated rings. The summed E-state index contributed by atoms with van der Waals surface area (Å²) in [6.07, 6.45) is 2.58. The number of nitrogens with zero attached hydrogens (tertiary/aromatic N) is 3. The molecule has 4 rings (SSSR count). The van der Waals surface area contributed by atoms with Crippen LogP contribution in [0, 0.1) is 6.92 Å². The minimum absolute atomic E-state index is 0.217. The molecule has 1 aliphatic rings. The molecular formula is C21H23N3OS2. The number of anilines is 1. The highest BCUT2D eigenvalue weighted by molar-refractivity contribution is 7.98. The number of amides is 1. The number of fused-ring (bicyclic) bond motifs is 1. The van der Waals surface area contributed by atoms with Crippen LogP contribution in [-0.4, -0.2) is 48.2 Å². The van der Waals surface area contributed by atoms with E-state index in [0.29, 0.717) is 6.42 Å². The Hall–Kier alpha value is -2.05. The topological polar surface area (TPSA) is 36.4 Å². The van der Waals surface area contributed by atoms with Gasteiger partial charge in [-0.3, -0.25) is 4.79 Å². The van der Waals surface area contributed by atoms with Crippen molar-refractivity contribution < 1.29 is 4.79 Å². The van der Waals surface area contributed by atoms with Gasteiger partial charge in [-0.05, 0) is 36.9 Å². The first-order valence-corrected chi connectivity index (χ1v) is 11.2. The van der Waals surface area contributed by atoms with Gasteiger partial charge in [-0.1, -0.05) is 41.2 Å². The number of aryl methyl sites for hydroxylation is 1. The molecule has 0 bridgehead atoms. The summed E-state index contributed by atoms with van der Waals surface area (Å²) in [6.45, 7) is 5.27. The van der Waals surface area contributed by atoms with Crippen LogP contribution in [0.3, 0.4) is 0 Å². The number of aromatic nitrogens is 1. The molecule has 0 atom stereocenters. The van der Waals surface area contributed by atoms with Gasteiger partial charge in [-0.15, -0.1) is 11.8 Å². The lowest BCUT2D eigenvalue weighted by atomic mass is 10.1. The van der Waals surface area contributed by atoms with Gasteiger partial charge in [0.2, 0.25) is 5.91 Å². The second kappa shape index (κ2) is 7.90. The van der Waals surface area contributed by atoms with Gasteiger partial charge in [-0.2, -0.15) is 0 Å². The van der Waals surface area contributed by atoms with E-state index in [0.717, 1.165) is 42.4 Å². The molecular weight excluding hydrogens is 374 g/mol. The maximum Gasteiger partial charge on any atom is 0.227 e. The minimum atomic E-state index is 0.217. The summed E-state index contributed by atoms with van der Waals surface area (Å²) in [5.41, 5.74) is 3.36. The predicted octanol–water partition coefficient (Wildman–Crippen LogP) is 4.22. The first-order chi connectivity index (χ1) is 13.1. The van der Waals surface area contributed by atoms with Crippen molar-refractivity contribution in [2.45, 2.75) is 18.2 Å². The van der Waals surface area contributed by atoms with E-state index in [1.54, 1.807) is 23.1 Å². The van der Waals surface area contributed by atoms with Crippen molar-refractivity contribution in [3.63, 3.8) is 0 Å². The minimum Gasteiger partial charge on any atom is -0.345 e. The summed E-state index contributed by atoms with van der Waals surface area (Å²) in [6, 6.07) is 14.6. The first-order valence-electron chi connectivity index (χ1n) is 9.15. The van der Waals surface area contributed by atoms with Crippen LogP contribution in [0.2, 0.25) is 0 Å². The summed E-state index contributed by atoms with van der Waals surface area (Å²) in [4.78, 5) is 23.0. The second-order valence-electron chi connectivity index (χ2n) is 6.86. The Morgan fingerprint density at radius 2 is 1.96 bits per heavy atom. The normalized spacial score (nSPS) is 14.7. The molecule has 0 aliphatic carbocycles. The molecule has 140 valence electrons. The Morgan fingerprint density at radius 3 is 2.70 bits per heavy atom. The highest BCUT2D eigenvalue weighted by atomic mass is 32.2. The molecule has 0 radical (unpaired) electrons. The summed E-state index contributed by atoms with van der Waals surface area (Å²) in [7, 11) is 0. The standard InChI is InChI=1S/C21H23N3OS2/c1-15-4-3-5-16(12-15)13-20(25)23-8-10-24(11-9-23)21-22-18-7-6-17(26-2)14-19(18)27-21/h3-7,12,14H,8-11,13H2,1-2H3. The summed E-state index contributed by atoms with van der Waals surface area (Å²) >= 11 is 3.50. The van der Waals surface area contributed by atoms with E-state index in [-0.39, 0.29) is 5.91 Å². The monoisotopic (exact) mass is 397 g/mol. The maximum absolute atomic E-state index is 12.6. The Bertz CT molecular complexity index is 961. The van der Waals surface area contributed by atoms with Gasteiger partial charge in [0.15, 0.2) is 5.13 Å². The fourth-order valence-corrected chi connectivity index (χ4v) is 4.98. The SMILES string of the molecule is CSc1ccc2nc(N3CCN(C(=O)Cc4cccc(C)c4)CC3)sc2c1. The van der Waals surface area contributed by atoms with E-state index >= 15 is 0 Å². The maximum atomic E-state index is 12.6. The zero-order chi connectivity index (χ0) is 18.8. The average Bonchev–Trinajstić information content (AvgIpc) is 3.11. The molecule has 2 heterocycles. The fourth-order valence-electron chi connectivity index (χ4n) is 3.41. The zero-order valence-corrected chi connectivity index (χ0v) is 17.3. The quantitative estimate of drug-likeness (QED) is 0.618. The molecule has 0 unspecified atom stereocenters. The van der Waals surface area contributed by atoms with Crippen LogP contribution < -0.4 is 4.90 Å². The average molecular weight is 398 g/mol. The lowest BCUT2D eigenvalue weighted by Crippen LogP contribution is -2.49. The third-order valence-corrected chi connectivity index (χ3v) is 6.73. The summed E-state index contributed by atoms with van der Waals surface area (Å²) < 4.78 is 1.23. The van der Waals surface area contributed by atoms with E-state index in [4.69, 9.17) is 4.98 Å². The van der Waals surface area contributed by atoms with E-state index in [2.05, 4.69) is 48.4 Å². The number of hydrogen-bond acceptors (Lipinski definition) is 5. The van der Waals surface area contributed by atoms with Crippen molar-refractivity contribution in [3.8, 4) is 0 Å². The van der Waals surface area contributed by atoms with Crippen LogP contribution in [0.5, 0.6) is 0 Å².